The molecule has 2 amide bonds. The molecular weight excluding hydrogens is 382 g/mol. The minimum atomic E-state index is -3.59. The van der Waals surface area contributed by atoms with Crippen molar-refractivity contribution in [1.29, 1.82) is 0 Å². The largest absolute Gasteiger partial charge is 0.496 e. The zero-order valence-corrected chi connectivity index (χ0v) is 17.0. The van der Waals surface area contributed by atoms with Gasteiger partial charge in [0.1, 0.15) is 5.75 Å². The van der Waals surface area contributed by atoms with Gasteiger partial charge in [-0.15, -0.1) is 0 Å². The summed E-state index contributed by atoms with van der Waals surface area (Å²) in [7, 11) is -0.444. The Morgan fingerprint density at radius 2 is 1.82 bits per heavy atom. The van der Waals surface area contributed by atoms with E-state index < -0.39 is 15.9 Å². The van der Waals surface area contributed by atoms with Gasteiger partial charge in [0, 0.05) is 31.8 Å². The van der Waals surface area contributed by atoms with Crippen LogP contribution in [0.1, 0.15) is 22.8 Å². The fraction of sp³-hybridized carbons (Fsp3) is 0.263. The van der Waals surface area contributed by atoms with Crippen molar-refractivity contribution in [1.82, 2.24) is 4.90 Å². The number of benzene rings is 2. The van der Waals surface area contributed by atoms with Crippen LogP contribution < -0.4 is 14.8 Å². The Kier molecular flexibility index (Phi) is 6.63. The van der Waals surface area contributed by atoms with Crippen LogP contribution in [0, 0.1) is 0 Å². The van der Waals surface area contributed by atoms with Crippen molar-refractivity contribution in [2.45, 2.75) is 13.5 Å². The first-order chi connectivity index (χ1) is 13.1. The quantitative estimate of drug-likeness (QED) is 0.735. The van der Waals surface area contributed by atoms with Gasteiger partial charge in [0.15, 0.2) is 0 Å². The minimum Gasteiger partial charge on any atom is -0.496 e. The second kappa shape index (κ2) is 8.75. The molecule has 0 aromatic heterocycles. The number of nitrogens with one attached hydrogen (secondary N) is 2. The molecule has 8 nitrogen and oxygen atoms in total. The van der Waals surface area contributed by atoms with Crippen LogP contribution in [0.25, 0.3) is 0 Å². The molecule has 2 aromatic carbocycles. The first-order valence-electron chi connectivity index (χ1n) is 8.37. The predicted molar refractivity (Wildman–Crippen MR) is 108 cm³/mol. The molecule has 2 N–H and O–H groups in total. The zero-order valence-electron chi connectivity index (χ0n) is 16.1. The second-order valence-corrected chi connectivity index (χ2v) is 8.04. The Bertz CT molecular complexity index is 989. The number of hydrogen-bond acceptors (Lipinski definition) is 5. The van der Waals surface area contributed by atoms with E-state index in [0.717, 1.165) is 11.8 Å². The van der Waals surface area contributed by atoms with E-state index in [0.29, 0.717) is 11.4 Å². The summed E-state index contributed by atoms with van der Waals surface area (Å²) in [6.45, 7) is 1.60. The number of anilines is 2. The molecule has 0 unspecified atom stereocenters. The van der Waals surface area contributed by atoms with Gasteiger partial charge in [-0.25, -0.2) is 8.42 Å². The molecule has 2 rings (SSSR count). The number of para-hydroxylation sites is 1. The summed E-state index contributed by atoms with van der Waals surface area (Å²) >= 11 is 0. The molecule has 0 bridgehead atoms. The summed E-state index contributed by atoms with van der Waals surface area (Å²) in [4.78, 5) is 25.8. The highest BCUT2D eigenvalue weighted by molar-refractivity contribution is 7.92. The Morgan fingerprint density at radius 3 is 2.43 bits per heavy atom. The van der Waals surface area contributed by atoms with Crippen LogP contribution >= 0.6 is 0 Å². The third kappa shape index (κ3) is 5.71. The van der Waals surface area contributed by atoms with Crippen molar-refractivity contribution in [3.63, 3.8) is 0 Å². The van der Waals surface area contributed by atoms with Gasteiger partial charge in [-0.2, -0.15) is 0 Å². The summed E-state index contributed by atoms with van der Waals surface area (Å²) in [6, 6.07) is 11.7. The molecule has 0 aliphatic rings. The molecule has 9 heteroatoms. The summed E-state index contributed by atoms with van der Waals surface area (Å²) in [5, 5.41) is 2.59. The van der Waals surface area contributed by atoms with Crippen molar-refractivity contribution in [2.75, 3.05) is 30.5 Å². The lowest BCUT2D eigenvalue weighted by molar-refractivity contribution is -0.114. The molecule has 2 aromatic rings. The van der Waals surface area contributed by atoms with Gasteiger partial charge in [0.2, 0.25) is 15.9 Å². The molecule has 0 spiro atoms. The summed E-state index contributed by atoms with van der Waals surface area (Å²) < 4.78 is 31.0. The number of methoxy groups -OCH3 is 1. The van der Waals surface area contributed by atoms with E-state index in [9.17, 15) is 18.0 Å². The van der Waals surface area contributed by atoms with E-state index in [4.69, 9.17) is 4.74 Å². The number of ether oxygens (including phenoxy) is 1. The van der Waals surface area contributed by atoms with Crippen LogP contribution in [-0.2, 0) is 21.4 Å². The Morgan fingerprint density at radius 1 is 1.14 bits per heavy atom. The SMILES string of the molecule is COc1ccccc1CN(C)C(=O)c1cc(NC(C)=O)ccc1NS(C)(=O)=O. The average Bonchev–Trinajstić information content (AvgIpc) is 2.61. The average molecular weight is 405 g/mol. The molecule has 0 aliphatic heterocycles. The Hall–Kier alpha value is -3.07. The van der Waals surface area contributed by atoms with Crippen molar-refractivity contribution >= 4 is 33.2 Å². The zero-order chi connectivity index (χ0) is 20.9. The van der Waals surface area contributed by atoms with E-state index >= 15 is 0 Å². The van der Waals surface area contributed by atoms with Crippen LogP contribution in [0.15, 0.2) is 42.5 Å². The summed E-state index contributed by atoms with van der Waals surface area (Å²) in [6.07, 6.45) is 1.00. The van der Waals surface area contributed by atoms with Gasteiger partial charge < -0.3 is 15.0 Å². The predicted octanol–water partition coefficient (Wildman–Crippen LogP) is 2.30. The molecule has 0 saturated carbocycles. The smallest absolute Gasteiger partial charge is 0.256 e. The molecule has 0 fully saturated rings. The monoisotopic (exact) mass is 405 g/mol. The summed E-state index contributed by atoms with van der Waals surface area (Å²) in [5.74, 6) is -0.0718. The molecule has 0 heterocycles. The van der Waals surface area contributed by atoms with Gasteiger partial charge in [-0.3, -0.25) is 14.3 Å². The lowest BCUT2D eigenvalue weighted by Gasteiger charge is -2.21. The van der Waals surface area contributed by atoms with E-state index in [1.54, 1.807) is 20.2 Å². The first-order valence-corrected chi connectivity index (χ1v) is 10.3. The van der Waals surface area contributed by atoms with Crippen molar-refractivity contribution < 1.29 is 22.7 Å². The fourth-order valence-electron chi connectivity index (χ4n) is 2.66. The number of sulfonamides is 1. The van der Waals surface area contributed by atoms with E-state index in [1.165, 1.54) is 30.0 Å². The third-order valence-electron chi connectivity index (χ3n) is 3.81. The van der Waals surface area contributed by atoms with Crippen LogP contribution in [0.5, 0.6) is 5.75 Å². The van der Waals surface area contributed by atoms with E-state index in [-0.39, 0.29) is 23.7 Å². The van der Waals surface area contributed by atoms with Crippen molar-refractivity contribution in [3.05, 3.63) is 53.6 Å². The van der Waals surface area contributed by atoms with Gasteiger partial charge >= 0.3 is 0 Å². The van der Waals surface area contributed by atoms with Crippen LogP contribution in [-0.4, -0.2) is 45.5 Å². The maximum atomic E-state index is 13.0. The van der Waals surface area contributed by atoms with Crippen LogP contribution in [0.4, 0.5) is 11.4 Å². The number of carbonyl (C=O) groups is 2. The normalized spacial score (nSPS) is 10.9. The molecule has 0 aliphatic carbocycles. The first kappa shape index (κ1) is 21.2. The standard InChI is InChI=1S/C19H23N3O5S/c1-13(23)20-15-9-10-17(21-28(4,25)26)16(11-15)19(24)22(2)12-14-7-5-6-8-18(14)27-3/h5-11,21H,12H2,1-4H3,(H,20,23). The lowest BCUT2D eigenvalue weighted by Crippen LogP contribution is -2.28. The molecule has 0 atom stereocenters. The number of amides is 2. The van der Waals surface area contributed by atoms with E-state index in [1.807, 2.05) is 18.2 Å². The highest BCUT2D eigenvalue weighted by Crippen LogP contribution is 2.25. The molecule has 0 saturated heterocycles. The van der Waals surface area contributed by atoms with Crippen LogP contribution in [0.3, 0.4) is 0 Å². The van der Waals surface area contributed by atoms with E-state index in [2.05, 4.69) is 10.0 Å². The van der Waals surface area contributed by atoms with Gasteiger partial charge in [-0.05, 0) is 24.3 Å². The maximum absolute atomic E-state index is 13.0. The van der Waals surface area contributed by atoms with Crippen LogP contribution in [0.2, 0.25) is 0 Å². The maximum Gasteiger partial charge on any atom is 0.256 e. The lowest BCUT2D eigenvalue weighted by atomic mass is 10.1. The highest BCUT2D eigenvalue weighted by Gasteiger charge is 2.20. The number of nitrogens with zero attached hydrogens (tertiary/aromatic N) is 1. The molecular formula is C19H23N3O5S. The van der Waals surface area contributed by atoms with Crippen molar-refractivity contribution in [3.8, 4) is 5.75 Å². The Labute approximate surface area is 164 Å². The molecule has 150 valence electrons. The number of rotatable bonds is 7. The van der Waals surface area contributed by atoms with Crippen molar-refractivity contribution in [2.24, 2.45) is 0 Å². The Balaban J connectivity index is 2.38. The highest BCUT2D eigenvalue weighted by atomic mass is 32.2. The van der Waals surface area contributed by atoms with Gasteiger partial charge in [0.25, 0.3) is 5.91 Å². The molecule has 28 heavy (non-hydrogen) atoms. The van der Waals surface area contributed by atoms with Gasteiger partial charge in [-0.1, -0.05) is 18.2 Å². The molecule has 0 radical (unpaired) electrons. The summed E-state index contributed by atoms with van der Waals surface area (Å²) in [5.41, 5.74) is 1.44. The third-order valence-corrected chi connectivity index (χ3v) is 4.40. The second-order valence-electron chi connectivity index (χ2n) is 6.29. The topological polar surface area (TPSA) is 105 Å². The fourth-order valence-corrected chi connectivity index (χ4v) is 3.23. The minimum absolute atomic E-state index is 0.120. The van der Waals surface area contributed by atoms with Gasteiger partial charge in [0.05, 0.1) is 24.6 Å². The number of hydrogen-bond donors (Lipinski definition) is 2. The number of carbonyl (C=O) groups excluding carboxylic acids is 2.